The highest BCUT2D eigenvalue weighted by atomic mass is 35.5. The van der Waals surface area contributed by atoms with Crippen molar-refractivity contribution in [3.8, 4) is 0 Å². The molecule has 0 spiro atoms. The van der Waals surface area contributed by atoms with E-state index in [0.717, 1.165) is 11.1 Å². The zero-order valence-electron chi connectivity index (χ0n) is 16.1. The molecule has 0 fully saturated rings. The Hall–Kier alpha value is -2.94. The molecule has 158 valence electrons. The Kier molecular flexibility index (Phi) is 6.50. The Morgan fingerprint density at radius 2 is 1.39 bits per heavy atom. The minimum Gasteiger partial charge on any atom is -0.316 e. The summed E-state index contributed by atoms with van der Waals surface area (Å²) in [6, 6.07) is 15.3. The molecule has 2 aromatic carbocycles. The highest BCUT2D eigenvalue weighted by Crippen LogP contribution is 2.25. The zero-order chi connectivity index (χ0) is 21.8. The first kappa shape index (κ1) is 21.3. The van der Waals surface area contributed by atoms with Gasteiger partial charge in [-0.05, 0) is 42.0 Å². The van der Waals surface area contributed by atoms with E-state index in [2.05, 4.69) is 20.8 Å². The summed E-state index contributed by atoms with van der Waals surface area (Å²) in [5.41, 5.74) is 1.74. The average molecular weight is 475 g/mol. The monoisotopic (exact) mass is 474 g/mol. The normalized spacial score (nSPS) is 10.8. The fourth-order valence-electron chi connectivity index (χ4n) is 2.92. The number of rotatable bonds is 6. The van der Waals surface area contributed by atoms with Gasteiger partial charge in [0.2, 0.25) is 0 Å². The first-order valence-electron chi connectivity index (χ1n) is 9.28. The van der Waals surface area contributed by atoms with Crippen LogP contribution < -0.4 is 10.6 Å². The Morgan fingerprint density at radius 3 is 1.97 bits per heavy atom. The third-order valence-electron chi connectivity index (χ3n) is 4.40. The summed E-state index contributed by atoms with van der Waals surface area (Å²) in [5.74, 6) is 0.897. The molecule has 0 aliphatic rings. The summed E-state index contributed by atoms with van der Waals surface area (Å²) in [4.78, 5) is 0. The number of anilines is 2. The highest BCUT2D eigenvalue weighted by molar-refractivity contribution is 7.80. The molecule has 6 nitrogen and oxygen atoms in total. The number of aromatic nitrogens is 4. The molecule has 0 aliphatic heterocycles. The lowest BCUT2D eigenvalue weighted by Crippen LogP contribution is -2.20. The van der Waals surface area contributed by atoms with Crippen LogP contribution in [0.25, 0.3) is 0 Å². The van der Waals surface area contributed by atoms with Gasteiger partial charge in [0.25, 0.3) is 0 Å². The quantitative estimate of drug-likeness (QED) is 0.364. The summed E-state index contributed by atoms with van der Waals surface area (Å²) >= 11 is 17.8. The number of nitrogens with one attached hydrogen (secondary N) is 2. The van der Waals surface area contributed by atoms with E-state index in [1.165, 1.54) is 12.1 Å². The summed E-state index contributed by atoms with van der Waals surface area (Å²) in [6.07, 6.45) is 3.62. The van der Waals surface area contributed by atoms with Gasteiger partial charge < -0.3 is 10.6 Å². The van der Waals surface area contributed by atoms with Gasteiger partial charge in [-0.25, -0.2) is 4.39 Å². The molecule has 2 heterocycles. The maximum atomic E-state index is 13.0. The zero-order valence-corrected chi connectivity index (χ0v) is 18.4. The Labute approximate surface area is 193 Å². The van der Waals surface area contributed by atoms with Crippen molar-refractivity contribution < 1.29 is 4.39 Å². The lowest BCUT2D eigenvalue weighted by atomic mass is 10.2. The molecule has 0 saturated carbocycles. The van der Waals surface area contributed by atoms with E-state index in [1.54, 1.807) is 51.8 Å². The first-order chi connectivity index (χ1) is 15.0. The van der Waals surface area contributed by atoms with E-state index in [4.69, 9.17) is 35.4 Å². The average Bonchev–Trinajstić information content (AvgIpc) is 3.36. The van der Waals surface area contributed by atoms with Gasteiger partial charge in [0.15, 0.2) is 16.7 Å². The van der Waals surface area contributed by atoms with Gasteiger partial charge in [-0.3, -0.25) is 9.36 Å². The fraction of sp³-hybridized carbons (Fsp3) is 0.0952. The molecular formula is C21H17Cl2FN6S. The smallest absolute Gasteiger partial charge is 0.177 e. The van der Waals surface area contributed by atoms with Gasteiger partial charge in [-0.2, -0.15) is 10.2 Å². The van der Waals surface area contributed by atoms with E-state index < -0.39 is 0 Å². The minimum absolute atomic E-state index is 0.264. The van der Waals surface area contributed by atoms with Crippen LogP contribution in [0.5, 0.6) is 0 Å². The van der Waals surface area contributed by atoms with Crippen molar-refractivity contribution in [2.45, 2.75) is 13.1 Å². The van der Waals surface area contributed by atoms with Crippen LogP contribution in [0.3, 0.4) is 0 Å². The van der Waals surface area contributed by atoms with Gasteiger partial charge >= 0.3 is 0 Å². The number of thiocarbonyl (C=S) groups is 1. The maximum Gasteiger partial charge on any atom is 0.177 e. The lowest BCUT2D eigenvalue weighted by Gasteiger charge is -2.08. The van der Waals surface area contributed by atoms with E-state index in [9.17, 15) is 4.39 Å². The summed E-state index contributed by atoms with van der Waals surface area (Å²) < 4.78 is 16.5. The van der Waals surface area contributed by atoms with Crippen LogP contribution in [0.15, 0.2) is 67.0 Å². The van der Waals surface area contributed by atoms with Gasteiger partial charge in [-0.1, -0.05) is 41.4 Å². The summed E-state index contributed by atoms with van der Waals surface area (Å²) in [5, 5.41) is 16.4. The Bertz CT molecular complexity index is 1180. The molecule has 4 rings (SSSR count). The van der Waals surface area contributed by atoms with Gasteiger partial charge in [0.1, 0.15) is 5.82 Å². The van der Waals surface area contributed by atoms with Crippen molar-refractivity contribution in [3.63, 3.8) is 0 Å². The molecule has 0 aliphatic carbocycles. The summed E-state index contributed by atoms with van der Waals surface area (Å²) in [6.45, 7) is 0.964. The number of hydrogen-bond acceptors (Lipinski definition) is 3. The molecule has 0 amide bonds. The molecule has 0 bridgehead atoms. The SMILES string of the molecule is Fc1ccc(Cn2ccc(NC(=S)Nc3ccn(Cc4c(Cl)cccc4Cl)n3)n2)cc1. The molecule has 0 atom stereocenters. The Morgan fingerprint density at radius 1 is 0.839 bits per heavy atom. The van der Waals surface area contributed by atoms with Crippen molar-refractivity contribution in [1.29, 1.82) is 0 Å². The predicted molar refractivity (Wildman–Crippen MR) is 125 cm³/mol. The van der Waals surface area contributed by atoms with Crippen LogP contribution in [0.1, 0.15) is 11.1 Å². The van der Waals surface area contributed by atoms with Crippen molar-refractivity contribution in [1.82, 2.24) is 19.6 Å². The Balaban J connectivity index is 1.33. The van der Waals surface area contributed by atoms with Crippen molar-refractivity contribution in [2.75, 3.05) is 10.6 Å². The van der Waals surface area contributed by atoms with E-state index in [1.807, 2.05) is 12.4 Å². The van der Waals surface area contributed by atoms with Crippen LogP contribution >= 0.6 is 35.4 Å². The molecule has 10 heteroatoms. The fourth-order valence-corrected chi connectivity index (χ4v) is 3.65. The number of nitrogens with zero attached hydrogens (tertiary/aromatic N) is 4. The van der Waals surface area contributed by atoms with Crippen molar-refractivity contribution in [2.24, 2.45) is 0 Å². The van der Waals surface area contributed by atoms with Crippen LogP contribution in [0.2, 0.25) is 10.0 Å². The third-order valence-corrected chi connectivity index (χ3v) is 5.32. The lowest BCUT2D eigenvalue weighted by molar-refractivity contribution is 0.624. The molecule has 2 N–H and O–H groups in total. The van der Waals surface area contributed by atoms with Crippen LogP contribution in [0, 0.1) is 5.82 Å². The highest BCUT2D eigenvalue weighted by Gasteiger charge is 2.09. The molecule has 31 heavy (non-hydrogen) atoms. The third kappa shape index (κ3) is 5.61. The second kappa shape index (κ2) is 9.47. The van der Waals surface area contributed by atoms with Crippen LogP contribution in [0.4, 0.5) is 16.0 Å². The van der Waals surface area contributed by atoms with Crippen LogP contribution in [-0.4, -0.2) is 24.7 Å². The largest absolute Gasteiger partial charge is 0.316 e. The molecule has 0 radical (unpaired) electrons. The number of halogens is 3. The molecule has 4 aromatic rings. The minimum atomic E-state index is -0.264. The topological polar surface area (TPSA) is 59.7 Å². The molecular weight excluding hydrogens is 458 g/mol. The van der Waals surface area contributed by atoms with Crippen molar-refractivity contribution >= 4 is 52.2 Å². The number of hydrogen-bond donors (Lipinski definition) is 2. The van der Waals surface area contributed by atoms with Crippen LogP contribution in [-0.2, 0) is 13.1 Å². The van der Waals surface area contributed by atoms with Gasteiger partial charge in [0.05, 0.1) is 13.1 Å². The predicted octanol–water partition coefficient (Wildman–Crippen LogP) is 5.43. The molecule has 2 aromatic heterocycles. The summed E-state index contributed by atoms with van der Waals surface area (Å²) in [7, 11) is 0. The van der Waals surface area contributed by atoms with E-state index in [0.29, 0.717) is 39.9 Å². The molecule has 0 saturated heterocycles. The van der Waals surface area contributed by atoms with E-state index in [-0.39, 0.29) is 5.82 Å². The first-order valence-corrected chi connectivity index (χ1v) is 10.4. The van der Waals surface area contributed by atoms with Crippen molar-refractivity contribution in [3.05, 3.63) is 94.0 Å². The number of benzene rings is 2. The second-order valence-corrected chi connectivity index (χ2v) is 7.93. The maximum absolute atomic E-state index is 13.0. The molecule has 0 unspecified atom stereocenters. The van der Waals surface area contributed by atoms with E-state index >= 15 is 0 Å². The van der Waals surface area contributed by atoms with Gasteiger partial charge in [0, 0.05) is 40.1 Å². The van der Waals surface area contributed by atoms with Gasteiger partial charge in [-0.15, -0.1) is 0 Å². The second-order valence-electron chi connectivity index (χ2n) is 6.70. The standard InChI is InChI=1S/C21H17Cl2FN6S/c22-17-2-1-3-18(23)16(17)13-30-11-9-20(28-30)26-21(31)25-19-8-10-29(27-19)12-14-4-6-15(24)7-5-14/h1-11H,12-13H2,(H2,25,26,27,28,31).